The number of rotatable bonds is 7. The number of anilines is 3. The molecule has 0 radical (unpaired) electrons. The number of hydrogen-bond acceptors (Lipinski definition) is 10. The van der Waals surface area contributed by atoms with Gasteiger partial charge in [0.2, 0.25) is 11.6 Å². The predicted molar refractivity (Wildman–Crippen MR) is 98.0 cm³/mol. The predicted octanol–water partition coefficient (Wildman–Crippen LogP) is 1.79. The van der Waals surface area contributed by atoms with Crippen molar-refractivity contribution in [3.05, 3.63) is 46.3 Å². The second-order valence-electron chi connectivity index (χ2n) is 5.37. The van der Waals surface area contributed by atoms with E-state index in [2.05, 4.69) is 9.97 Å². The average molecular weight is 381 g/mol. The number of methoxy groups -OCH3 is 1. The third-order valence-corrected chi connectivity index (χ3v) is 3.78. The molecule has 0 aliphatic rings. The van der Waals surface area contributed by atoms with E-state index >= 15 is 0 Å². The molecule has 2 rings (SSSR count). The van der Waals surface area contributed by atoms with Crippen molar-refractivity contribution >= 4 is 29.0 Å². The van der Waals surface area contributed by atoms with E-state index in [0.29, 0.717) is 5.69 Å². The van der Waals surface area contributed by atoms with Gasteiger partial charge in [0.15, 0.2) is 0 Å². The molecular weight excluding hydrogens is 366 g/mol. The Labute approximate surface area is 160 Å². The van der Waals surface area contributed by atoms with Gasteiger partial charge in [0.1, 0.15) is 19.4 Å². The van der Waals surface area contributed by atoms with E-state index in [1.165, 1.54) is 30.0 Å². The maximum absolute atomic E-state index is 12.0. The van der Waals surface area contributed by atoms with Crippen molar-refractivity contribution in [2.45, 2.75) is 0 Å². The first kappa shape index (κ1) is 20.1. The molecule has 0 fully saturated rings. The number of para-hydroxylation sites is 1. The smallest absolute Gasteiger partial charge is 0.354 e. The molecule has 0 aliphatic heterocycles. The molecule has 28 heavy (non-hydrogen) atoms. The quantitative estimate of drug-likeness (QED) is 0.300. The average Bonchev–Trinajstić information content (AvgIpc) is 2.71. The van der Waals surface area contributed by atoms with Gasteiger partial charge >= 0.3 is 11.7 Å². The van der Waals surface area contributed by atoms with E-state index in [1.807, 2.05) is 12.1 Å². The molecule has 0 aliphatic carbocycles. The zero-order chi connectivity index (χ0) is 20.7. The third-order valence-electron chi connectivity index (χ3n) is 3.78. The largest absolute Gasteiger partial charge is 0.465 e. The summed E-state index contributed by atoms with van der Waals surface area (Å²) in [6, 6.07) is 10.1. The van der Waals surface area contributed by atoms with Gasteiger partial charge in [-0.2, -0.15) is 10.5 Å². The van der Waals surface area contributed by atoms with Gasteiger partial charge in [-0.1, -0.05) is 12.1 Å². The molecule has 0 spiro atoms. The molecule has 0 saturated heterocycles. The number of benzene rings is 1. The monoisotopic (exact) mass is 381 g/mol. The Morgan fingerprint density at radius 1 is 1.21 bits per heavy atom. The molecule has 1 aromatic heterocycles. The van der Waals surface area contributed by atoms with Gasteiger partial charge < -0.3 is 14.5 Å². The molecule has 0 saturated carbocycles. The highest BCUT2D eigenvalue weighted by atomic mass is 16.6. The van der Waals surface area contributed by atoms with Crippen LogP contribution in [0.5, 0.6) is 0 Å². The molecule has 0 N–H and O–H groups in total. The standard InChI is InChI=1S/C17H15N7O4/c1-22(13-6-4-3-5-12(13)17(25)28-2)15-14(24(26)27)16(21-11-20-15)23(9-7-18)10-8-19/h3-6,11H,9-10H2,1-2H3. The van der Waals surface area contributed by atoms with Crippen LogP contribution in [0, 0.1) is 32.8 Å². The second kappa shape index (κ2) is 8.91. The third kappa shape index (κ3) is 3.94. The molecular formula is C17H15N7O4. The van der Waals surface area contributed by atoms with Gasteiger partial charge in [0.25, 0.3) is 0 Å². The SMILES string of the molecule is COC(=O)c1ccccc1N(C)c1ncnc(N(CC#N)CC#N)c1[N+](=O)[O-]. The van der Waals surface area contributed by atoms with Crippen LogP contribution in [0.3, 0.4) is 0 Å². The molecule has 0 amide bonds. The Morgan fingerprint density at radius 2 is 1.82 bits per heavy atom. The fraction of sp³-hybridized carbons (Fsp3) is 0.235. The van der Waals surface area contributed by atoms with Crippen LogP contribution in [0.4, 0.5) is 23.0 Å². The van der Waals surface area contributed by atoms with E-state index in [-0.39, 0.29) is 30.3 Å². The maximum atomic E-state index is 12.0. The summed E-state index contributed by atoms with van der Waals surface area (Å²) in [4.78, 5) is 33.5. The zero-order valence-corrected chi connectivity index (χ0v) is 15.1. The summed E-state index contributed by atoms with van der Waals surface area (Å²) in [7, 11) is 2.73. The highest BCUT2D eigenvalue weighted by Crippen LogP contribution is 2.37. The van der Waals surface area contributed by atoms with Crippen LogP contribution in [0.2, 0.25) is 0 Å². The van der Waals surface area contributed by atoms with Crippen LogP contribution in [0.1, 0.15) is 10.4 Å². The van der Waals surface area contributed by atoms with Crippen molar-refractivity contribution in [3.8, 4) is 12.1 Å². The first-order valence-corrected chi connectivity index (χ1v) is 7.85. The van der Waals surface area contributed by atoms with Crippen molar-refractivity contribution in [2.75, 3.05) is 37.0 Å². The number of ether oxygens (including phenoxy) is 1. The molecule has 1 heterocycles. The van der Waals surface area contributed by atoms with Gasteiger partial charge in [-0.25, -0.2) is 14.8 Å². The van der Waals surface area contributed by atoms with Crippen LogP contribution >= 0.6 is 0 Å². The lowest BCUT2D eigenvalue weighted by Gasteiger charge is -2.23. The molecule has 142 valence electrons. The van der Waals surface area contributed by atoms with E-state index in [0.717, 1.165) is 6.33 Å². The number of aromatic nitrogens is 2. The lowest BCUT2D eigenvalue weighted by Crippen LogP contribution is -2.27. The topological polar surface area (TPSA) is 149 Å². The van der Waals surface area contributed by atoms with E-state index < -0.39 is 16.6 Å². The van der Waals surface area contributed by atoms with Crippen LogP contribution in [-0.2, 0) is 4.74 Å². The van der Waals surface area contributed by atoms with Crippen LogP contribution in [0.25, 0.3) is 0 Å². The maximum Gasteiger partial charge on any atom is 0.354 e. The Balaban J connectivity index is 2.66. The van der Waals surface area contributed by atoms with Gasteiger partial charge in [0.05, 0.1) is 35.4 Å². The molecule has 0 bridgehead atoms. The zero-order valence-electron chi connectivity index (χ0n) is 15.1. The van der Waals surface area contributed by atoms with Crippen LogP contribution in [-0.4, -0.2) is 48.1 Å². The number of carbonyl (C=O) groups is 1. The van der Waals surface area contributed by atoms with E-state index in [4.69, 9.17) is 15.3 Å². The van der Waals surface area contributed by atoms with Crippen molar-refractivity contribution < 1.29 is 14.5 Å². The summed E-state index contributed by atoms with van der Waals surface area (Å²) < 4.78 is 4.75. The highest BCUT2D eigenvalue weighted by Gasteiger charge is 2.30. The van der Waals surface area contributed by atoms with Gasteiger partial charge in [-0.15, -0.1) is 0 Å². The summed E-state index contributed by atoms with van der Waals surface area (Å²) >= 11 is 0. The summed E-state index contributed by atoms with van der Waals surface area (Å²) in [6.45, 7) is -0.541. The molecule has 0 unspecified atom stereocenters. The lowest BCUT2D eigenvalue weighted by molar-refractivity contribution is -0.383. The number of hydrogen-bond donors (Lipinski definition) is 0. The Kier molecular flexibility index (Phi) is 6.39. The second-order valence-corrected chi connectivity index (χ2v) is 5.37. The molecule has 0 atom stereocenters. The first-order valence-electron chi connectivity index (χ1n) is 7.85. The fourth-order valence-corrected chi connectivity index (χ4v) is 2.54. The number of nitro groups is 1. The molecule has 11 heteroatoms. The normalized spacial score (nSPS) is 9.71. The number of nitrogens with zero attached hydrogens (tertiary/aromatic N) is 7. The van der Waals surface area contributed by atoms with Gasteiger partial charge in [-0.05, 0) is 12.1 Å². The molecule has 11 nitrogen and oxygen atoms in total. The minimum Gasteiger partial charge on any atom is -0.465 e. The van der Waals surface area contributed by atoms with Gasteiger partial charge in [0, 0.05) is 7.05 Å². The Morgan fingerprint density at radius 3 is 2.39 bits per heavy atom. The summed E-state index contributed by atoms with van der Waals surface area (Å²) in [5.74, 6) is -0.886. The van der Waals surface area contributed by atoms with Crippen LogP contribution in [0.15, 0.2) is 30.6 Å². The summed E-state index contributed by atoms with van der Waals surface area (Å²) in [5, 5.41) is 29.7. The minimum atomic E-state index is -0.691. The Bertz CT molecular complexity index is 964. The van der Waals surface area contributed by atoms with Crippen molar-refractivity contribution in [3.63, 3.8) is 0 Å². The Hall–Kier alpha value is -4.25. The van der Waals surface area contributed by atoms with Gasteiger partial charge in [-0.3, -0.25) is 10.1 Å². The minimum absolute atomic E-state index is 0.104. The first-order chi connectivity index (χ1) is 13.5. The lowest BCUT2D eigenvalue weighted by atomic mass is 10.1. The number of carbonyl (C=O) groups excluding carboxylic acids is 1. The number of nitriles is 2. The molecule has 2 aromatic rings. The van der Waals surface area contributed by atoms with E-state index in [9.17, 15) is 14.9 Å². The van der Waals surface area contributed by atoms with E-state index in [1.54, 1.807) is 18.2 Å². The van der Waals surface area contributed by atoms with Crippen molar-refractivity contribution in [1.82, 2.24) is 9.97 Å². The van der Waals surface area contributed by atoms with Crippen molar-refractivity contribution in [1.29, 1.82) is 10.5 Å². The van der Waals surface area contributed by atoms with Crippen LogP contribution < -0.4 is 9.80 Å². The summed E-state index contributed by atoms with van der Waals surface area (Å²) in [6.07, 6.45) is 1.09. The fourth-order valence-electron chi connectivity index (χ4n) is 2.54. The van der Waals surface area contributed by atoms with Crippen molar-refractivity contribution in [2.24, 2.45) is 0 Å². The number of esters is 1. The highest BCUT2D eigenvalue weighted by molar-refractivity contribution is 5.97. The molecule has 1 aromatic carbocycles. The summed E-state index contributed by atoms with van der Waals surface area (Å²) in [5.41, 5.74) is 0.0252.